The zero-order chi connectivity index (χ0) is 32.1. The molecule has 3 aromatic rings. The minimum absolute atomic E-state index is 0.0203. The van der Waals surface area contributed by atoms with Gasteiger partial charge in [-0.1, -0.05) is 31.2 Å². The zero-order valence-electron chi connectivity index (χ0n) is 23.8. The summed E-state index contributed by atoms with van der Waals surface area (Å²) >= 11 is 0. The number of hydrogen-bond acceptors (Lipinski definition) is 5. The van der Waals surface area contributed by atoms with Crippen molar-refractivity contribution in [1.82, 2.24) is 5.32 Å². The Kier molecular flexibility index (Phi) is 10.3. The molecule has 0 saturated carbocycles. The molecule has 6 nitrogen and oxygen atoms in total. The third-order valence-electron chi connectivity index (χ3n) is 7.57. The van der Waals surface area contributed by atoms with Crippen molar-refractivity contribution in [1.29, 1.82) is 0 Å². The van der Waals surface area contributed by atoms with E-state index in [-0.39, 0.29) is 35.6 Å². The summed E-state index contributed by atoms with van der Waals surface area (Å²) in [5.74, 6) is -0.570. The quantitative estimate of drug-likeness (QED) is 0.248. The highest BCUT2D eigenvalue weighted by molar-refractivity contribution is 7.91. The number of carbonyl (C=O) groups excluding carboxylic acids is 1. The van der Waals surface area contributed by atoms with Gasteiger partial charge >= 0.3 is 12.4 Å². The number of sulfone groups is 1. The third kappa shape index (κ3) is 8.75. The number of rotatable bonds is 10. The van der Waals surface area contributed by atoms with Gasteiger partial charge in [-0.2, -0.15) is 26.3 Å². The second-order valence-corrected chi connectivity index (χ2v) is 12.9. The first kappa shape index (κ1) is 33.3. The van der Waals surface area contributed by atoms with E-state index in [0.29, 0.717) is 41.8 Å². The molecule has 0 spiro atoms. The number of halogens is 6. The molecule has 1 fully saturated rings. The molecule has 2 atom stereocenters. The number of nitrogens with one attached hydrogen (secondary N) is 1. The van der Waals surface area contributed by atoms with Gasteiger partial charge in [-0.25, -0.2) is 8.42 Å². The van der Waals surface area contributed by atoms with Gasteiger partial charge in [0.2, 0.25) is 0 Å². The van der Waals surface area contributed by atoms with Crippen molar-refractivity contribution in [2.45, 2.75) is 55.5 Å². The minimum atomic E-state index is -4.48. The van der Waals surface area contributed by atoms with Crippen LogP contribution in [0.25, 0.3) is 0 Å². The molecule has 1 N–H and O–H groups in total. The minimum Gasteiger partial charge on any atom is -0.370 e. The number of ether oxygens (including phenoxy) is 1. The average molecular weight is 643 g/mol. The van der Waals surface area contributed by atoms with E-state index in [1.54, 1.807) is 43.3 Å². The maximum absolute atomic E-state index is 13.0. The van der Waals surface area contributed by atoms with E-state index >= 15 is 0 Å². The van der Waals surface area contributed by atoms with Crippen LogP contribution in [-0.4, -0.2) is 52.1 Å². The first-order chi connectivity index (χ1) is 20.7. The fraction of sp³-hybridized carbons (Fsp3) is 0.387. The third-order valence-corrected chi connectivity index (χ3v) is 9.32. The van der Waals surface area contributed by atoms with Crippen molar-refractivity contribution < 1.29 is 44.3 Å². The Morgan fingerprint density at radius 1 is 0.909 bits per heavy atom. The van der Waals surface area contributed by atoms with Crippen molar-refractivity contribution in [3.8, 4) is 0 Å². The summed E-state index contributed by atoms with van der Waals surface area (Å²) in [4.78, 5) is 14.9. The van der Waals surface area contributed by atoms with E-state index < -0.39 is 40.4 Å². The van der Waals surface area contributed by atoms with Gasteiger partial charge in [-0.15, -0.1) is 0 Å². The van der Waals surface area contributed by atoms with Crippen molar-refractivity contribution in [3.05, 3.63) is 95.1 Å². The highest BCUT2D eigenvalue weighted by Crippen LogP contribution is 2.36. The Balaban J connectivity index is 1.45. The van der Waals surface area contributed by atoms with Gasteiger partial charge in [0.1, 0.15) is 6.61 Å². The number of amides is 1. The van der Waals surface area contributed by atoms with Crippen LogP contribution in [0.15, 0.2) is 77.7 Å². The van der Waals surface area contributed by atoms with E-state index in [1.165, 1.54) is 24.3 Å². The van der Waals surface area contributed by atoms with Crippen molar-refractivity contribution in [2.24, 2.45) is 0 Å². The standard InChI is InChI=1S/C31H32F6N2O4S/c1-2-44(41,42)28-15-3-21(4-16-28)17-38-29(40)23-7-12-26(13-8-23)39-18-24(9-14-27(39)19-43-20-30(32,33)34)22-5-10-25(11-6-22)31(35,36)37/h3-8,10-13,15-16,24,27H,2,9,14,17-20H2,1H3,(H,38,40)/t24?,27-/m0/s1. The van der Waals surface area contributed by atoms with E-state index in [2.05, 4.69) is 5.32 Å². The monoisotopic (exact) mass is 642 g/mol. The Bertz CT molecular complexity index is 1510. The number of anilines is 1. The molecule has 1 unspecified atom stereocenters. The predicted octanol–water partition coefficient (Wildman–Crippen LogP) is 6.76. The van der Waals surface area contributed by atoms with Gasteiger partial charge < -0.3 is 15.0 Å². The number of nitrogens with zero attached hydrogens (tertiary/aromatic N) is 1. The number of carbonyl (C=O) groups is 1. The van der Waals surface area contributed by atoms with Gasteiger partial charge in [0, 0.05) is 30.3 Å². The molecule has 1 aliphatic heterocycles. The van der Waals surface area contributed by atoms with Gasteiger partial charge in [-0.05, 0) is 72.5 Å². The van der Waals surface area contributed by atoms with Crippen molar-refractivity contribution in [2.75, 3.05) is 30.4 Å². The first-order valence-electron chi connectivity index (χ1n) is 13.9. The van der Waals surface area contributed by atoms with E-state index in [4.69, 9.17) is 4.74 Å². The Morgan fingerprint density at radius 2 is 1.55 bits per heavy atom. The SMILES string of the molecule is CCS(=O)(=O)c1ccc(CNC(=O)c2ccc(N3CC(c4ccc(C(F)(F)F)cc4)CC[C@H]3COCC(F)(F)F)cc2)cc1. The lowest BCUT2D eigenvalue weighted by molar-refractivity contribution is -0.175. The molecular weight excluding hydrogens is 610 g/mol. The second kappa shape index (κ2) is 13.6. The molecular formula is C31H32F6N2O4S. The molecule has 1 aliphatic rings. The van der Waals surface area contributed by atoms with E-state index in [0.717, 1.165) is 12.1 Å². The second-order valence-electron chi connectivity index (χ2n) is 10.6. The van der Waals surface area contributed by atoms with Crippen molar-refractivity contribution in [3.63, 3.8) is 0 Å². The first-order valence-corrected chi connectivity index (χ1v) is 15.6. The molecule has 1 amide bonds. The van der Waals surface area contributed by atoms with Crippen molar-refractivity contribution >= 4 is 21.4 Å². The van der Waals surface area contributed by atoms with Crippen LogP contribution < -0.4 is 10.2 Å². The summed E-state index contributed by atoms with van der Waals surface area (Å²) in [5, 5.41) is 2.77. The zero-order valence-corrected chi connectivity index (χ0v) is 24.6. The van der Waals surface area contributed by atoms with Gasteiger partial charge in [-0.3, -0.25) is 4.79 Å². The summed E-state index contributed by atoms with van der Waals surface area (Å²) in [7, 11) is -3.34. The Labute approximate surface area is 251 Å². The molecule has 238 valence electrons. The van der Waals surface area contributed by atoms with E-state index in [9.17, 15) is 39.6 Å². The highest BCUT2D eigenvalue weighted by Gasteiger charge is 2.34. The van der Waals surface area contributed by atoms with Gasteiger partial charge in [0.15, 0.2) is 9.84 Å². The molecule has 1 heterocycles. The molecule has 44 heavy (non-hydrogen) atoms. The van der Waals surface area contributed by atoms with Crippen LogP contribution in [0.5, 0.6) is 0 Å². The summed E-state index contributed by atoms with van der Waals surface area (Å²) in [6.07, 6.45) is -7.95. The normalized spacial score (nSPS) is 17.8. The van der Waals surface area contributed by atoms with Crippen LogP contribution >= 0.6 is 0 Å². The average Bonchev–Trinajstić information content (AvgIpc) is 2.99. The fourth-order valence-electron chi connectivity index (χ4n) is 5.11. The van der Waals surface area contributed by atoms with E-state index in [1.807, 2.05) is 4.90 Å². The van der Waals surface area contributed by atoms with Crippen LogP contribution in [-0.2, 0) is 27.3 Å². The topological polar surface area (TPSA) is 75.7 Å². The summed E-state index contributed by atoms with van der Waals surface area (Å²) in [6.45, 7) is 0.461. The molecule has 0 radical (unpaired) electrons. The largest absolute Gasteiger partial charge is 0.416 e. The fourth-order valence-corrected chi connectivity index (χ4v) is 6.00. The lowest BCUT2D eigenvalue weighted by atomic mass is 9.86. The number of piperidine rings is 1. The number of alkyl halides is 6. The van der Waals surface area contributed by atoms with Gasteiger partial charge in [0.25, 0.3) is 5.91 Å². The number of benzene rings is 3. The summed E-state index contributed by atoms with van der Waals surface area (Å²) < 4.78 is 106. The highest BCUT2D eigenvalue weighted by atomic mass is 32.2. The molecule has 1 saturated heterocycles. The summed E-state index contributed by atoms with van der Waals surface area (Å²) in [5.41, 5.74) is 1.59. The maximum Gasteiger partial charge on any atom is 0.416 e. The maximum atomic E-state index is 13.0. The molecule has 0 bridgehead atoms. The van der Waals surface area contributed by atoms with Crippen LogP contribution in [0, 0.1) is 0 Å². The number of hydrogen-bond donors (Lipinski definition) is 1. The molecule has 13 heteroatoms. The van der Waals surface area contributed by atoms with Crippen LogP contribution in [0.2, 0.25) is 0 Å². The lowest BCUT2D eigenvalue weighted by Gasteiger charge is -2.41. The van der Waals surface area contributed by atoms with Gasteiger partial charge in [0.05, 0.1) is 28.9 Å². The molecule has 3 aromatic carbocycles. The van der Waals surface area contributed by atoms with Crippen LogP contribution in [0.1, 0.15) is 52.7 Å². The molecule has 0 aliphatic carbocycles. The Hall–Kier alpha value is -3.58. The molecule has 4 rings (SSSR count). The van der Waals surface area contributed by atoms with Crippen LogP contribution in [0.3, 0.4) is 0 Å². The summed E-state index contributed by atoms with van der Waals surface area (Å²) in [6, 6.07) is 17.2. The lowest BCUT2D eigenvalue weighted by Crippen LogP contribution is -2.45. The smallest absolute Gasteiger partial charge is 0.370 e. The van der Waals surface area contributed by atoms with Crippen LogP contribution in [0.4, 0.5) is 32.0 Å². The Morgan fingerprint density at radius 3 is 2.11 bits per heavy atom. The predicted molar refractivity (Wildman–Crippen MR) is 153 cm³/mol. The molecule has 0 aromatic heterocycles.